The molecule has 2 aromatic carbocycles. The van der Waals surface area contributed by atoms with Gasteiger partial charge in [-0.15, -0.1) is 0 Å². The molecule has 1 aromatic heterocycles. The van der Waals surface area contributed by atoms with Crippen LogP contribution >= 0.6 is 0 Å². The lowest BCUT2D eigenvalue weighted by molar-refractivity contribution is -0.137. The van der Waals surface area contributed by atoms with Gasteiger partial charge in [0.1, 0.15) is 17.2 Å². The van der Waals surface area contributed by atoms with E-state index in [2.05, 4.69) is 15.6 Å². The van der Waals surface area contributed by atoms with E-state index in [9.17, 15) is 22.8 Å². The van der Waals surface area contributed by atoms with Crippen molar-refractivity contribution in [3.05, 3.63) is 77.6 Å². The van der Waals surface area contributed by atoms with Gasteiger partial charge in [-0.25, -0.2) is 14.6 Å². The van der Waals surface area contributed by atoms with Gasteiger partial charge in [0.15, 0.2) is 5.69 Å². The van der Waals surface area contributed by atoms with Gasteiger partial charge >= 0.3 is 18.2 Å². The number of carboxylic acids is 1. The Bertz CT molecular complexity index is 1170. The highest BCUT2D eigenvalue weighted by Gasteiger charge is 2.31. The number of ether oxygens (including phenoxy) is 2. The lowest BCUT2D eigenvalue weighted by atomic mass is 10.1. The summed E-state index contributed by atoms with van der Waals surface area (Å²) in [5.41, 5.74) is -0.474. The van der Waals surface area contributed by atoms with E-state index in [1.165, 1.54) is 18.3 Å². The summed E-state index contributed by atoms with van der Waals surface area (Å²) < 4.78 is 49.9. The van der Waals surface area contributed by atoms with E-state index in [1.54, 1.807) is 31.2 Å². The van der Waals surface area contributed by atoms with Gasteiger partial charge in [-0.1, -0.05) is 12.1 Å². The molecule has 0 radical (unpaired) electrons. The molecule has 3 rings (SSSR count). The van der Waals surface area contributed by atoms with Crippen molar-refractivity contribution in [2.24, 2.45) is 0 Å². The SMILES string of the molecule is CCOc1ccc(C(F)(F)F)cc1NC(=O)NCc1ccc(Oc2ccnc(C(=O)O)c2)cc1. The lowest BCUT2D eigenvalue weighted by Gasteiger charge is -2.15. The number of aromatic nitrogens is 1. The van der Waals surface area contributed by atoms with Crippen molar-refractivity contribution >= 4 is 17.7 Å². The molecule has 34 heavy (non-hydrogen) atoms. The van der Waals surface area contributed by atoms with Crippen molar-refractivity contribution in [1.82, 2.24) is 10.3 Å². The third kappa shape index (κ3) is 6.61. The van der Waals surface area contributed by atoms with Gasteiger partial charge in [0.2, 0.25) is 0 Å². The summed E-state index contributed by atoms with van der Waals surface area (Å²) in [5, 5.41) is 13.9. The molecule has 1 heterocycles. The van der Waals surface area contributed by atoms with Crippen LogP contribution in [0.3, 0.4) is 0 Å². The molecule has 8 nitrogen and oxygen atoms in total. The first-order chi connectivity index (χ1) is 16.2. The summed E-state index contributed by atoms with van der Waals surface area (Å²) in [4.78, 5) is 27.0. The van der Waals surface area contributed by atoms with Gasteiger partial charge in [-0.2, -0.15) is 13.2 Å². The van der Waals surface area contributed by atoms with Gasteiger partial charge in [0.05, 0.1) is 17.9 Å². The van der Waals surface area contributed by atoms with E-state index < -0.39 is 23.7 Å². The molecule has 0 fully saturated rings. The number of benzene rings is 2. The minimum Gasteiger partial charge on any atom is -0.492 e. The highest BCUT2D eigenvalue weighted by atomic mass is 19.4. The van der Waals surface area contributed by atoms with Crippen molar-refractivity contribution in [2.75, 3.05) is 11.9 Å². The van der Waals surface area contributed by atoms with E-state index in [-0.39, 0.29) is 30.3 Å². The second kappa shape index (κ2) is 10.6. The van der Waals surface area contributed by atoms with Gasteiger partial charge in [0.25, 0.3) is 0 Å². The number of halogens is 3. The summed E-state index contributed by atoms with van der Waals surface area (Å²) in [5.74, 6) is -0.331. The smallest absolute Gasteiger partial charge is 0.416 e. The number of alkyl halides is 3. The Labute approximate surface area is 192 Å². The Hall–Kier alpha value is -4.28. The molecule has 0 saturated heterocycles. The highest BCUT2D eigenvalue weighted by Crippen LogP contribution is 2.35. The molecule has 0 spiro atoms. The molecule has 0 bridgehead atoms. The maximum absolute atomic E-state index is 13.0. The molecule has 11 heteroatoms. The fourth-order valence-corrected chi connectivity index (χ4v) is 2.84. The van der Waals surface area contributed by atoms with Crippen LogP contribution in [0.2, 0.25) is 0 Å². The number of carbonyl (C=O) groups excluding carboxylic acids is 1. The molecule has 0 aliphatic heterocycles. The summed E-state index contributed by atoms with van der Waals surface area (Å²) in [6.07, 6.45) is -3.25. The Balaban J connectivity index is 1.60. The van der Waals surface area contributed by atoms with E-state index in [1.807, 2.05) is 0 Å². The number of nitrogens with zero attached hydrogens (tertiary/aromatic N) is 1. The lowest BCUT2D eigenvalue weighted by Crippen LogP contribution is -2.28. The van der Waals surface area contributed by atoms with Crippen LogP contribution in [0.5, 0.6) is 17.2 Å². The van der Waals surface area contributed by atoms with E-state index in [0.29, 0.717) is 17.1 Å². The first-order valence-corrected chi connectivity index (χ1v) is 10.0. The molecular weight excluding hydrogens is 455 g/mol. The third-order valence-corrected chi connectivity index (χ3v) is 4.42. The summed E-state index contributed by atoms with van der Waals surface area (Å²) >= 11 is 0. The van der Waals surface area contributed by atoms with Gasteiger partial charge in [-0.3, -0.25) is 0 Å². The molecule has 0 saturated carbocycles. The highest BCUT2D eigenvalue weighted by molar-refractivity contribution is 5.91. The average molecular weight is 475 g/mol. The molecule has 3 N–H and O–H groups in total. The third-order valence-electron chi connectivity index (χ3n) is 4.42. The number of aromatic carboxylic acids is 1. The maximum atomic E-state index is 13.0. The number of anilines is 1. The van der Waals surface area contributed by atoms with Crippen molar-refractivity contribution in [1.29, 1.82) is 0 Å². The van der Waals surface area contributed by atoms with Crippen LogP contribution in [-0.4, -0.2) is 28.7 Å². The van der Waals surface area contributed by atoms with Gasteiger partial charge in [0, 0.05) is 18.8 Å². The zero-order valence-electron chi connectivity index (χ0n) is 17.8. The Morgan fingerprint density at radius 1 is 1.03 bits per heavy atom. The van der Waals surface area contributed by atoms with Gasteiger partial charge < -0.3 is 25.2 Å². The number of hydrogen-bond acceptors (Lipinski definition) is 5. The van der Waals surface area contributed by atoms with Crippen LogP contribution in [0, 0.1) is 0 Å². The molecule has 0 unspecified atom stereocenters. The predicted octanol–water partition coefficient (Wildman–Crippen LogP) is 5.31. The van der Waals surface area contributed by atoms with Crippen LogP contribution in [-0.2, 0) is 12.7 Å². The number of hydrogen-bond donors (Lipinski definition) is 3. The van der Waals surface area contributed by atoms with Gasteiger partial charge in [-0.05, 0) is 48.9 Å². The van der Waals surface area contributed by atoms with Crippen LogP contribution in [0.4, 0.5) is 23.7 Å². The number of carbonyl (C=O) groups is 2. The number of pyridine rings is 1. The normalized spacial score (nSPS) is 10.9. The van der Waals surface area contributed by atoms with E-state index in [4.69, 9.17) is 14.6 Å². The first-order valence-electron chi connectivity index (χ1n) is 10.0. The van der Waals surface area contributed by atoms with Crippen molar-refractivity contribution in [2.45, 2.75) is 19.6 Å². The average Bonchev–Trinajstić information content (AvgIpc) is 2.79. The fourth-order valence-electron chi connectivity index (χ4n) is 2.84. The molecular formula is C23H20F3N3O5. The Kier molecular flexibility index (Phi) is 7.57. The molecule has 0 aliphatic carbocycles. The number of nitrogens with one attached hydrogen (secondary N) is 2. The monoisotopic (exact) mass is 475 g/mol. The van der Waals surface area contributed by atoms with E-state index in [0.717, 1.165) is 18.2 Å². The minimum absolute atomic E-state index is 0.0907. The molecule has 0 atom stereocenters. The second-order valence-corrected chi connectivity index (χ2v) is 6.88. The number of urea groups is 1. The standard InChI is InChI=1S/C23H20F3N3O5/c1-2-33-20-8-5-15(23(24,25)26)11-18(20)29-22(32)28-13-14-3-6-16(7-4-14)34-17-9-10-27-19(12-17)21(30)31/h3-12H,2,13H2,1H3,(H,30,31)(H2,28,29,32). The number of amides is 2. The largest absolute Gasteiger partial charge is 0.492 e. The van der Waals surface area contributed by atoms with Crippen molar-refractivity contribution in [3.63, 3.8) is 0 Å². The zero-order valence-corrected chi connectivity index (χ0v) is 17.8. The topological polar surface area (TPSA) is 110 Å². The Morgan fingerprint density at radius 3 is 2.41 bits per heavy atom. The summed E-state index contributed by atoms with van der Waals surface area (Å²) in [6, 6.07) is 11.5. The predicted molar refractivity (Wildman–Crippen MR) is 116 cm³/mol. The van der Waals surface area contributed by atoms with E-state index >= 15 is 0 Å². The first kappa shape index (κ1) is 24.4. The minimum atomic E-state index is -4.56. The maximum Gasteiger partial charge on any atom is 0.416 e. The zero-order chi connectivity index (χ0) is 24.7. The van der Waals surface area contributed by atoms with Crippen LogP contribution in [0.25, 0.3) is 0 Å². The quantitative estimate of drug-likeness (QED) is 0.407. The van der Waals surface area contributed by atoms with Crippen LogP contribution in [0.1, 0.15) is 28.5 Å². The van der Waals surface area contributed by atoms with Crippen molar-refractivity contribution in [3.8, 4) is 17.2 Å². The molecule has 2 amide bonds. The second-order valence-electron chi connectivity index (χ2n) is 6.88. The summed E-state index contributed by atoms with van der Waals surface area (Å²) in [7, 11) is 0. The van der Waals surface area contributed by atoms with Crippen LogP contribution < -0.4 is 20.1 Å². The van der Waals surface area contributed by atoms with Crippen molar-refractivity contribution < 1.29 is 37.3 Å². The number of carboxylic acid groups (broad SMARTS) is 1. The molecule has 0 aliphatic rings. The Morgan fingerprint density at radius 2 is 1.76 bits per heavy atom. The van der Waals surface area contributed by atoms with Crippen LogP contribution in [0.15, 0.2) is 60.8 Å². The fraction of sp³-hybridized carbons (Fsp3) is 0.174. The number of rotatable bonds is 8. The summed E-state index contributed by atoms with van der Waals surface area (Å²) in [6.45, 7) is 1.98. The molecule has 178 valence electrons. The molecule has 3 aromatic rings.